The summed E-state index contributed by atoms with van der Waals surface area (Å²) < 4.78 is 12.9. The fourth-order valence-corrected chi connectivity index (χ4v) is 4.78. The number of rotatable bonds is 6. The molecule has 2 heterocycles. The third kappa shape index (κ3) is 5.69. The number of piperidine rings is 2. The Hall–Kier alpha value is -1.11. The van der Waals surface area contributed by atoms with Gasteiger partial charge in [0.25, 0.3) is 0 Å². The van der Waals surface area contributed by atoms with Crippen LogP contribution in [-0.4, -0.2) is 64.9 Å². The van der Waals surface area contributed by atoms with Gasteiger partial charge in [-0.1, -0.05) is 12.1 Å². The number of carbonyl (C=O) groups is 1. The van der Waals surface area contributed by atoms with Crippen LogP contribution < -0.4 is 0 Å². The van der Waals surface area contributed by atoms with Crippen LogP contribution in [0.1, 0.15) is 37.7 Å². The number of aliphatic hydroxyl groups is 1. The lowest BCUT2D eigenvalue weighted by molar-refractivity contribution is -0.132. The summed E-state index contributed by atoms with van der Waals surface area (Å²) in [6, 6.07) is 7.07. The zero-order chi connectivity index (χ0) is 18.4. The predicted octanol–water partition coefficient (Wildman–Crippen LogP) is 2.90. The highest BCUT2D eigenvalue weighted by molar-refractivity contribution is 7.98. The van der Waals surface area contributed by atoms with Crippen LogP contribution in [0.2, 0.25) is 0 Å². The van der Waals surface area contributed by atoms with Gasteiger partial charge in [-0.3, -0.25) is 9.69 Å². The predicted molar refractivity (Wildman–Crippen MR) is 104 cm³/mol. The van der Waals surface area contributed by atoms with Crippen LogP contribution in [0.4, 0.5) is 4.39 Å². The maximum absolute atomic E-state index is 12.9. The summed E-state index contributed by atoms with van der Waals surface area (Å²) in [7, 11) is 0. The second-order valence-electron chi connectivity index (χ2n) is 7.33. The van der Waals surface area contributed by atoms with Crippen LogP contribution in [-0.2, 0) is 10.5 Å². The fourth-order valence-electron chi connectivity index (χ4n) is 3.88. The van der Waals surface area contributed by atoms with E-state index in [1.807, 2.05) is 4.90 Å². The summed E-state index contributed by atoms with van der Waals surface area (Å²) in [6.07, 6.45) is 4.41. The van der Waals surface area contributed by atoms with Gasteiger partial charge in [-0.15, -0.1) is 0 Å². The minimum absolute atomic E-state index is 0.179. The molecule has 0 saturated carbocycles. The molecule has 0 bridgehead atoms. The van der Waals surface area contributed by atoms with Gasteiger partial charge < -0.3 is 10.0 Å². The SMILES string of the molecule is O=C(CCSCc1ccc(F)cc1)N1CCC(N2CCC[C@@H](O)C2)CC1. The molecule has 0 unspecified atom stereocenters. The van der Waals surface area contributed by atoms with Gasteiger partial charge in [-0.25, -0.2) is 4.39 Å². The minimum atomic E-state index is -0.212. The van der Waals surface area contributed by atoms with Gasteiger partial charge in [0, 0.05) is 43.6 Å². The van der Waals surface area contributed by atoms with Crippen LogP contribution in [0, 0.1) is 5.82 Å². The molecule has 1 N–H and O–H groups in total. The van der Waals surface area contributed by atoms with E-state index in [2.05, 4.69) is 4.90 Å². The smallest absolute Gasteiger partial charge is 0.223 e. The average Bonchev–Trinajstić information content (AvgIpc) is 2.66. The van der Waals surface area contributed by atoms with Crippen molar-refractivity contribution < 1.29 is 14.3 Å². The Bertz CT molecular complexity index is 576. The molecule has 1 atom stereocenters. The molecule has 1 aromatic rings. The number of benzene rings is 1. The summed E-state index contributed by atoms with van der Waals surface area (Å²) in [5.41, 5.74) is 1.09. The summed E-state index contributed by atoms with van der Waals surface area (Å²) in [5, 5.41) is 9.84. The number of β-amino-alcohol motifs (C(OH)–C–C–N with tert-alkyl or cyclic N) is 1. The van der Waals surface area contributed by atoms with Crippen molar-refractivity contribution in [1.29, 1.82) is 0 Å². The molecule has 4 nitrogen and oxygen atoms in total. The number of hydrogen-bond donors (Lipinski definition) is 1. The highest BCUT2D eigenvalue weighted by Gasteiger charge is 2.29. The third-order valence-corrected chi connectivity index (χ3v) is 6.43. The van der Waals surface area contributed by atoms with E-state index in [0.717, 1.165) is 68.9 Å². The van der Waals surface area contributed by atoms with Gasteiger partial charge in [-0.05, 0) is 49.9 Å². The number of carbonyl (C=O) groups excluding carboxylic acids is 1. The molecule has 2 fully saturated rings. The first-order valence-electron chi connectivity index (χ1n) is 9.64. The molecule has 1 aromatic carbocycles. The van der Waals surface area contributed by atoms with Gasteiger partial charge in [0.1, 0.15) is 5.82 Å². The largest absolute Gasteiger partial charge is 0.392 e. The lowest BCUT2D eigenvalue weighted by Crippen LogP contribution is -2.50. The Kier molecular flexibility index (Phi) is 7.34. The van der Waals surface area contributed by atoms with E-state index in [-0.39, 0.29) is 17.8 Å². The van der Waals surface area contributed by atoms with Crippen molar-refractivity contribution in [2.45, 2.75) is 50.0 Å². The van der Waals surface area contributed by atoms with Crippen LogP contribution in [0.25, 0.3) is 0 Å². The van der Waals surface area contributed by atoms with E-state index in [0.29, 0.717) is 12.5 Å². The van der Waals surface area contributed by atoms with Crippen molar-refractivity contribution in [3.8, 4) is 0 Å². The molecule has 0 aliphatic carbocycles. The van der Waals surface area contributed by atoms with E-state index in [1.54, 1.807) is 23.9 Å². The van der Waals surface area contributed by atoms with Gasteiger partial charge >= 0.3 is 0 Å². The molecule has 0 aromatic heterocycles. The van der Waals surface area contributed by atoms with E-state index in [4.69, 9.17) is 0 Å². The number of likely N-dealkylation sites (tertiary alicyclic amines) is 2. The van der Waals surface area contributed by atoms with Crippen molar-refractivity contribution in [1.82, 2.24) is 9.80 Å². The summed E-state index contributed by atoms with van der Waals surface area (Å²) >= 11 is 1.72. The maximum Gasteiger partial charge on any atom is 0.223 e. The second kappa shape index (κ2) is 9.72. The molecular weight excluding hydrogens is 351 g/mol. The Morgan fingerprint density at radius 2 is 1.88 bits per heavy atom. The number of thioether (sulfide) groups is 1. The molecule has 144 valence electrons. The first-order valence-corrected chi connectivity index (χ1v) is 10.8. The molecule has 26 heavy (non-hydrogen) atoms. The standard InChI is InChI=1S/C20H29FN2O2S/c21-17-5-3-16(4-6-17)15-26-13-9-20(25)22-11-7-18(8-12-22)23-10-1-2-19(24)14-23/h3-6,18-19,24H,1-2,7-15H2/t19-/m1/s1. The molecule has 1 amide bonds. The van der Waals surface area contributed by atoms with Crippen LogP contribution >= 0.6 is 11.8 Å². The highest BCUT2D eigenvalue weighted by atomic mass is 32.2. The molecule has 2 saturated heterocycles. The molecule has 3 rings (SSSR count). The monoisotopic (exact) mass is 380 g/mol. The normalized spacial score (nSPS) is 22.5. The van der Waals surface area contributed by atoms with Crippen LogP contribution in [0.3, 0.4) is 0 Å². The third-order valence-electron chi connectivity index (χ3n) is 5.40. The molecule has 2 aliphatic rings. The Labute approximate surface area is 159 Å². The van der Waals surface area contributed by atoms with Gasteiger partial charge in [0.2, 0.25) is 5.91 Å². The second-order valence-corrected chi connectivity index (χ2v) is 8.44. The van der Waals surface area contributed by atoms with Crippen molar-refractivity contribution in [3.05, 3.63) is 35.6 Å². The van der Waals surface area contributed by atoms with Crippen molar-refractivity contribution in [2.24, 2.45) is 0 Å². The zero-order valence-electron chi connectivity index (χ0n) is 15.3. The van der Waals surface area contributed by atoms with Gasteiger partial charge in [-0.2, -0.15) is 11.8 Å². The summed E-state index contributed by atoms with van der Waals surface area (Å²) in [5.74, 6) is 1.65. The number of hydrogen-bond acceptors (Lipinski definition) is 4. The minimum Gasteiger partial charge on any atom is -0.392 e. The molecule has 6 heteroatoms. The van der Waals surface area contributed by atoms with Crippen molar-refractivity contribution >= 4 is 17.7 Å². The number of halogens is 1. The average molecular weight is 381 g/mol. The van der Waals surface area contributed by atoms with Gasteiger partial charge in [0.05, 0.1) is 6.10 Å². The van der Waals surface area contributed by atoms with Crippen LogP contribution in [0.15, 0.2) is 24.3 Å². The maximum atomic E-state index is 12.9. The Morgan fingerprint density at radius 1 is 1.15 bits per heavy atom. The number of nitrogens with zero attached hydrogens (tertiary/aromatic N) is 2. The molecular formula is C20H29FN2O2S. The Morgan fingerprint density at radius 3 is 2.58 bits per heavy atom. The zero-order valence-corrected chi connectivity index (χ0v) is 16.1. The summed E-state index contributed by atoms with van der Waals surface area (Å²) in [4.78, 5) is 16.8. The van der Waals surface area contributed by atoms with E-state index in [1.165, 1.54) is 12.1 Å². The molecule has 0 spiro atoms. The lowest BCUT2D eigenvalue weighted by Gasteiger charge is -2.41. The fraction of sp³-hybridized carbons (Fsp3) is 0.650. The van der Waals surface area contributed by atoms with Crippen molar-refractivity contribution in [2.75, 3.05) is 31.9 Å². The first-order chi connectivity index (χ1) is 12.6. The lowest BCUT2D eigenvalue weighted by atomic mass is 9.99. The molecule has 2 aliphatic heterocycles. The Balaban J connectivity index is 1.32. The van der Waals surface area contributed by atoms with E-state index >= 15 is 0 Å². The first kappa shape index (κ1) is 19.6. The highest BCUT2D eigenvalue weighted by Crippen LogP contribution is 2.22. The topological polar surface area (TPSA) is 43.8 Å². The number of aliphatic hydroxyl groups excluding tert-OH is 1. The quantitative estimate of drug-likeness (QED) is 0.771. The van der Waals surface area contributed by atoms with E-state index in [9.17, 15) is 14.3 Å². The van der Waals surface area contributed by atoms with Crippen LogP contribution in [0.5, 0.6) is 0 Å². The van der Waals surface area contributed by atoms with E-state index < -0.39 is 0 Å². The summed E-state index contributed by atoms with van der Waals surface area (Å²) in [6.45, 7) is 3.53. The van der Waals surface area contributed by atoms with Crippen molar-refractivity contribution in [3.63, 3.8) is 0 Å². The molecule has 0 radical (unpaired) electrons. The number of amides is 1. The van der Waals surface area contributed by atoms with Gasteiger partial charge in [0.15, 0.2) is 0 Å².